The van der Waals surface area contributed by atoms with E-state index >= 15 is 0 Å². The standard InChI is InChI=1S/C16H13BrF2O2/c17-8-10-2-1-3-14(19)16(10)20-9-13-7-11-6-12(18)4-5-15(11)21-13/h1-6,13H,7-9H2. The predicted molar refractivity (Wildman–Crippen MR) is 79.0 cm³/mol. The van der Waals surface area contributed by atoms with Crippen molar-refractivity contribution < 1.29 is 18.3 Å². The zero-order valence-corrected chi connectivity index (χ0v) is 12.7. The monoisotopic (exact) mass is 354 g/mol. The Morgan fingerprint density at radius 3 is 2.90 bits per heavy atom. The first kappa shape index (κ1) is 14.3. The molecular formula is C16H13BrF2O2. The maximum Gasteiger partial charge on any atom is 0.165 e. The van der Waals surface area contributed by atoms with Crippen LogP contribution in [-0.2, 0) is 11.8 Å². The predicted octanol–water partition coefficient (Wildman–Crippen LogP) is 4.24. The smallest absolute Gasteiger partial charge is 0.165 e. The van der Waals surface area contributed by atoms with Crippen LogP contribution in [-0.4, -0.2) is 12.7 Å². The van der Waals surface area contributed by atoms with E-state index in [4.69, 9.17) is 9.47 Å². The third-order valence-corrected chi connectivity index (χ3v) is 3.97. The Hall–Kier alpha value is -1.62. The quantitative estimate of drug-likeness (QED) is 0.764. The molecule has 1 atom stereocenters. The number of rotatable bonds is 4. The summed E-state index contributed by atoms with van der Waals surface area (Å²) in [4.78, 5) is 0. The molecule has 0 saturated heterocycles. The highest BCUT2D eigenvalue weighted by Gasteiger charge is 2.24. The summed E-state index contributed by atoms with van der Waals surface area (Å²) < 4.78 is 38.2. The van der Waals surface area contributed by atoms with Crippen LogP contribution in [0.3, 0.4) is 0 Å². The number of halogens is 3. The fourth-order valence-electron chi connectivity index (χ4n) is 2.38. The molecule has 0 fully saturated rings. The van der Waals surface area contributed by atoms with Crippen molar-refractivity contribution >= 4 is 15.9 Å². The zero-order chi connectivity index (χ0) is 14.8. The number of benzene rings is 2. The average Bonchev–Trinajstić information content (AvgIpc) is 2.87. The van der Waals surface area contributed by atoms with Crippen molar-refractivity contribution in [2.45, 2.75) is 17.9 Å². The van der Waals surface area contributed by atoms with Gasteiger partial charge in [-0.15, -0.1) is 0 Å². The van der Waals surface area contributed by atoms with Crippen LogP contribution in [0.4, 0.5) is 8.78 Å². The van der Waals surface area contributed by atoms with Crippen LogP contribution < -0.4 is 9.47 Å². The van der Waals surface area contributed by atoms with Gasteiger partial charge in [0.05, 0.1) is 0 Å². The van der Waals surface area contributed by atoms with E-state index in [0.29, 0.717) is 17.5 Å². The second-order valence-corrected chi connectivity index (χ2v) is 5.43. The normalized spacial score (nSPS) is 16.4. The lowest BCUT2D eigenvalue weighted by molar-refractivity contribution is 0.144. The van der Waals surface area contributed by atoms with Gasteiger partial charge in [0.2, 0.25) is 0 Å². The van der Waals surface area contributed by atoms with Crippen LogP contribution in [0, 0.1) is 11.6 Å². The summed E-state index contributed by atoms with van der Waals surface area (Å²) in [7, 11) is 0. The van der Waals surface area contributed by atoms with E-state index in [1.54, 1.807) is 18.2 Å². The van der Waals surface area contributed by atoms with Gasteiger partial charge in [-0.25, -0.2) is 8.78 Å². The molecule has 0 aromatic heterocycles. The van der Waals surface area contributed by atoms with Gasteiger partial charge in [-0.3, -0.25) is 0 Å². The Balaban J connectivity index is 1.68. The Morgan fingerprint density at radius 1 is 1.24 bits per heavy atom. The molecule has 1 heterocycles. The molecule has 2 aromatic carbocycles. The van der Waals surface area contributed by atoms with Crippen LogP contribution >= 0.6 is 15.9 Å². The lowest BCUT2D eigenvalue weighted by Gasteiger charge is -2.15. The van der Waals surface area contributed by atoms with Crippen molar-refractivity contribution in [2.75, 3.05) is 6.61 Å². The average molecular weight is 355 g/mol. The minimum absolute atomic E-state index is 0.219. The van der Waals surface area contributed by atoms with E-state index in [9.17, 15) is 8.78 Å². The molecule has 0 aliphatic carbocycles. The third-order valence-electron chi connectivity index (χ3n) is 3.37. The molecule has 2 nitrogen and oxygen atoms in total. The van der Waals surface area contributed by atoms with Crippen molar-refractivity contribution in [3.63, 3.8) is 0 Å². The minimum atomic E-state index is -0.395. The second-order valence-electron chi connectivity index (χ2n) is 4.87. The van der Waals surface area contributed by atoms with Crippen LogP contribution in [0.2, 0.25) is 0 Å². The van der Waals surface area contributed by atoms with E-state index in [2.05, 4.69) is 15.9 Å². The molecule has 0 radical (unpaired) electrons. The highest BCUT2D eigenvalue weighted by Crippen LogP contribution is 2.30. The first-order chi connectivity index (χ1) is 10.2. The molecule has 0 saturated carbocycles. The Labute approximate surface area is 129 Å². The van der Waals surface area contributed by atoms with E-state index < -0.39 is 5.82 Å². The van der Waals surface area contributed by atoms with Gasteiger partial charge in [0.1, 0.15) is 24.3 Å². The largest absolute Gasteiger partial charge is 0.486 e. The zero-order valence-electron chi connectivity index (χ0n) is 11.1. The van der Waals surface area contributed by atoms with E-state index in [1.807, 2.05) is 0 Å². The topological polar surface area (TPSA) is 18.5 Å². The first-order valence-corrected chi connectivity index (χ1v) is 7.70. The Bertz CT molecular complexity index is 661. The molecular weight excluding hydrogens is 342 g/mol. The van der Waals surface area contributed by atoms with Gasteiger partial charge in [-0.1, -0.05) is 28.1 Å². The van der Waals surface area contributed by atoms with Crippen molar-refractivity contribution in [3.05, 3.63) is 59.2 Å². The molecule has 21 heavy (non-hydrogen) atoms. The van der Waals surface area contributed by atoms with Gasteiger partial charge in [0, 0.05) is 22.9 Å². The molecule has 1 aliphatic heterocycles. The SMILES string of the molecule is Fc1ccc2c(c1)CC(COc1c(F)cccc1CBr)O2. The first-order valence-electron chi connectivity index (χ1n) is 6.58. The number of fused-ring (bicyclic) bond motifs is 1. The molecule has 0 bridgehead atoms. The van der Waals surface area contributed by atoms with Crippen molar-refractivity contribution in [1.29, 1.82) is 0 Å². The summed E-state index contributed by atoms with van der Waals surface area (Å²) >= 11 is 3.31. The van der Waals surface area contributed by atoms with Gasteiger partial charge in [-0.05, 0) is 24.3 Å². The fraction of sp³-hybridized carbons (Fsp3) is 0.250. The summed E-state index contributed by atoms with van der Waals surface area (Å²) in [5.74, 6) is 0.225. The fourth-order valence-corrected chi connectivity index (χ4v) is 2.82. The minimum Gasteiger partial charge on any atom is -0.486 e. The molecule has 0 amide bonds. The van der Waals surface area contributed by atoms with Crippen LogP contribution in [0.15, 0.2) is 36.4 Å². The van der Waals surface area contributed by atoms with Gasteiger partial charge in [0.15, 0.2) is 11.6 Å². The summed E-state index contributed by atoms with van der Waals surface area (Å²) in [5.41, 5.74) is 1.56. The van der Waals surface area contributed by atoms with Gasteiger partial charge >= 0.3 is 0 Å². The van der Waals surface area contributed by atoms with Crippen molar-refractivity contribution in [1.82, 2.24) is 0 Å². The van der Waals surface area contributed by atoms with Gasteiger partial charge in [-0.2, -0.15) is 0 Å². The Morgan fingerprint density at radius 2 is 2.10 bits per heavy atom. The number of para-hydroxylation sites is 1. The molecule has 5 heteroatoms. The lowest BCUT2D eigenvalue weighted by Crippen LogP contribution is -2.23. The van der Waals surface area contributed by atoms with Gasteiger partial charge in [0.25, 0.3) is 0 Å². The molecule has 3 rings (SSSR count). The summed E-state index contributed by atoms with van der Waals surface area (Å²) in [6, 6.07) is 9.24. The van der Waals surface area contributed by atoms with E-state index in [-0.39, 0.29) is 24.3 Å². The molecule has 1 aliphatic rings. The molecule has 0 spiro atoms. The van der Waals surface area contributed by atoms with Crippen LogP contribution in [0.5, 0.6) is 11.5 Å². The molecule has 1 unspecified atom stereocenters. The molecule has 110 valence electrons. The Kier molecular flexibility index (Phi) is 4.10. The number of hydrogen-bond donors (Lipinski definition) is 0. The number of hydrogen-bond acceptors (Lipinski definition) is 2. The highest BCUT2D eigenvalue weighted by atomic mass is 79.9. The molecule has 0 N–H and O–H groups in total. The number of alkyl halides is 1. The van der Waals surface area contributed by atoms with Crippen LogP contribution in [0.25, 0.3) is 0 Å². The second kappa shape index (κ2) is 6.02. The van der Waals surface area contributed by atoms with Gasteiger partial charge < -0.3 is 9.47 Å². The van der Waals surface area contributed by atoms with E-state index in [0.717, 1.165) is 11.1 Å². The highest BCUT2D eigenvalue weighted by molar-refractivity contribution is 9.08. The summed E-state index contributed by atoms with van der Waals surface area (Å²) in [5, 5.41) is 0.511. The van der Waals surface area contributed by atoms with E-state index in [1.165, 1.54) is 18.2 Å². The summed E-state index contributed by atoms with van der Waals surface area (Å²) in [6.45, 7) is 0.219. The molecule has 2 aromatic rings. The summed E-state index contributed by atoms with van der Waals surface area (Å²) in [6.07, 6.45) is 0.329. The van der Waals surface area contributed by atoms with Crippen LogP contribution in [0.1, 0.15) is 11.1 Å². The van der Waals surface area contributed by atoms with Crippen molar-refractivity contribution in [3.8, 4) is 11.5 Å². The maximum absolute atomic E-state index is 13.8. The number of ether oxygens (including phenoxy) is 2. The maximum atomic E-state index is 13.8. The third kappa shape index (κ3) is 3.02. The van der Waals surface area contributed by atoms with Crippen molar-refractivity contribution in [2.24, 2.45) is 0 Å². The lowest BCUT2D eigenvalue weighted by atomic mass is 10.1.